The Hall–Kier alpha value is -2.97. The lowest BCUT2D eigenvalue weighted by molar-refractivity contribution is -0.192. The van der Waals surface area contributed by atoms with Crippen LogP contribution in [0.3, 0.4) is 0 Å². The van der Waals surface area contributed by atoms with Crippen LogP contribution in [0.1, 0.15) is 30.9 Å². The van der Waals surface area contributed by atoms with E-state index in [9.17, 15) is 30.0 Å². The van der Waals surface area contributed by atoms with Crippen LogP contribution in [0.15, 0.2) is 47.5 Å². The second kappa shape index (κ2) is 9.48. The Kier molecular flexibility index (Phi) is 6.88. The van der Waals surface area contributed by atoms with Crippen molar-refractivity contribution in [2.75, 3.05) is 11.5 Å². The molecule has 5 rings (SSSR count). The lowest BCUT2D eigenvalue weighted by atomic mass is 10.0. The molecule has 9 nitrogen and oxygen atoms in total. The van der Waals surface area contributed by atoms with Crippen molar-refractivity contribution in [2.24, 2.45) is 0 Å². The van der Waals surface area contributed by atoms with Gasteiger partial charge in [0.25, 0.3) is 0 Å². The van der Waals surface area contributed by atoms with Gasteiger partial charge in [0.15, 0.2) is 9.84 Å². The molecule has 2 fully saturated rings. The molecule has 3 N–H and O–H groups in total. The SMILES string of the molecule is O=C(O)C(F)(F)F.O=S1(=O)CCC(NS(=O)(=O)c2ccc(-c3ccnc4[nH]c(C5CC5)cc34)cc2)C1. The van der Waals surface area contributed by atoms with Gasteiger partial charge >= 0.3 is 12.1 Å². The lowest BCUT2D eigenvalue weighted by Crippen LogP contribution is -2.35. The number of carboxylic acid groups (broad SMARTS) is 1. The molecule has 1 aliphatic carbocycles. The molecule has 3 heterocycles. The number of halogens is 3. The number of H-pyrrole nitrogens is 1. The maximum Gasteiger partial charge on any atom is 0.490 e. The Morgan fingerprint density at radius 1 is 1.11 bits per heavy atom. The predicted molar refractivity (Wildman–Crippen MR) is 125 cm³/mol. The fourth-order valence-electron chi connectivity index (χ4n) is 3.90. The molecule has 2 aliphatic rings. The quantitative estimate of drug-likeness (QED) is 0.446. The fraction of sp³-hybridized carbons (Fsp3) is 0.364. The Bertz CT molecular complexity index is 1500. The van der Waals surface area contributed by atoms with E-state index < -0.39 is 38.0 Å². The van der Waals surface area contributed by atoms with Crippen LogP contribution >= 0.6 is 0 Å². The van der Waals surface area contributed by atoms with E-state index in [1.807, 2.05) is 6.07 Å². The van der Waals surface area contributed by atoms with Crippen LogP contribution in [0.25, 0.3) is 22.2 Å². The van der Waals surface area contributed by atoms with E-state index in [1.165, 1.54) is 18.5 Å². The molecule has 0 bridgehead atoms. The van der Waals surface area contributed by atoms with Crippen molar-refractivity contribution in [3.8, 4) is 11.1 Å². The number of pyridine rings is 1. The van der Waals surface area contributed by atoms with Gasteiger partial charge < -0.3 is 10.1 Å². The number of sulfone groups is 1. The van der Waals surface area contributed by atoms with Crippen molar-refractivity contribution in [2.45, 2.75) is 42.3 Å². The zero-order valence-corrected chi connectivity index (χ0v) is 20.3. The molecule has 0 amide bonds. The van der Waals surface area contributed by atoms with Gasteiger partial charge in [0.2, 0.25) is 10.0 Å². The molecule has 36 heavy (non-hydrogen) atoms. The number of aliphatic carboxylic acids is 1. The maximum absolute atomic E-state index is 12.6. The molecule has 0 radical (unpaired) electrons. The second-order valence-corrected chi connectivity index (χ2v) is 12.6. The van der Waals surface area contributed by atoms with E-state index in [1.54, 1.807) is 30.5 Å². The van der Waals surface area contributed by atoms with Gasteiger partial charge in [-0.25, -0.2) is 31.3 Å². The topological polar surface area (TPSA) is 146 Å². The van der Waals surface area contributed by atoms with E-state index in [4.69, 9.17) is 9.90 Å². The summed E-state index contributed by atoms with van der Waals surface area (Å²) in [6, 6.07) is 10.2. The highest BCUT2D eigenvalue weighted by Crippen LogP contribution is 2.41. The van der Waals surface area contributed by atoms with Crippen LogP contribution in [0.4, 0.5) is 13.2 Å². The van der Waals surface area contributed by atoms with Gasteiger partial charge in [0, 0.05) is 23.3 Å². The van der Waals surface area contributed by atoms with Crippen LogP contribution in [-0.4, -0.2) is 61.6 Å². The monoisotopic (exact) mass is 545 g/mol. The third kappa shape index (κ3) is 6.05. The van der Waals surface area contributed by atoms with Crippen LogP contribution in [0.5, 0.6) is 0 Å². The number of sulfonamides is 1. The molecular formula is C22H22F3N3O6S2. The van der Waals surface area contributed by atoms with E-state index in [0.29, 0.717) is 12.3 Å². The molecule has 1 atom stereocenters. The normalized spacial score (nSPS) is 19.6. The van der Waals surface area contributed by atoms with E-state index in [0.717, 1.165) is 22.2 Å². The number of aromatic nitrogens is 2. The highest BCUT2D eigenvalue weighted by Gasteiger charge is 2.38. The maximum atomic E-state index is 12.6. The molecule has 1 unspecified atom stereocenters. The Morgan fingerprint density at radius 2 is 1.75 bits per heavy atom. The van der Waals surface area contributed by atoms with Gasteiger partial charge in [-0.05, 0) is 60.6 Å². The minimum absolute atomic E-state index is 0.0245. The van der Waals surface area contributed by atoms with Crippen molar-refractivity contribution in [3.63, 3.8) is 0 Å². The van der Waals surface area contributed by atoms with Gasteiger partial charge in [0.05, 0.1) is 16.4 Å². The third-order valence-electron chi connectivity index (χ3n) is 5.84. The molecule has 194 valence electrons. The molecule has 2 aromatic heterocycles. The van der Waals surface area contributed by atoms with Crippen LogP contribution in [-0.2, 0) is 24.7 Å². The largest absolute Gasteiger partial charge is 0.490 e. The first-order valence-electron chi connectivity index (χ1n) is 10.9. The molecule has 1 aromatic carbocycles. The van der Waals surface area contributed by atoms with Gasteiger partial charge in [-0.3, -0.25) is 0 Å². The number of alkyl halides is 3. The highest BCUT2D eigenvalue weighted by atomic mass is 32.2. The van der Waals surface area contributed by atoms with Crippen LogP contribution < -0.4 is 4.72 Å². The van der Waals surface area contributed by atoms with E-state index in [2.05, 4.69) is 20.8 Å². The average molecular weight is 546 g/mol. The minimum Gasteiger partial charge on any atom is -0.475 e. The number of benzene rings is 1. The number of aromatic amines is 1. The molecular weight excluding hydrogens is 523 g/mol. The second-order valence-electron chi connectivity index (χ2n) is 8.67. The van der Waals surface area contributed by atoms with E-state index >= 15 is 0 Å². The number of nitrogens with zero attached hydrogens (tertiary/aromatic N) is 1. The molecule has 14 heteroatoms. The summed E-state index contributed by atoms with van der Waals surface area (Å²) in [7, 11) is -6.92. The fourth-order valence-corrected chi connectivity index (χ4v) is 6.95. The van der Waals surface area contributed by atoms with Crippen molar-refractivity contribution in [1.82, 2.24) is 14.7 Å². The molecule has 3 aromatic rings. The first kappa shape index (κ1) is 26.1. The number of nitrogens with one attached hydrogen (secondary N) is 2. The van der Waals surface area contributed by atoms with Crippen LogP contribution in [0.2, 0.25) is 0 Å². The average Bonchev–Trinajstić information content (AvgIpc) is 3.46. The van der Waals surface area contributed by atoms with Crippen molar-refractivity contribution < 1.29 is 39.9 Å². The minimum atomic E-state index is -5.08. The van der Waals surface area contributed by atoms with Gasteiger partial charge in [-0.1, -0.05) is 12.1 Å². The smallest absolute Gasteiger partial charge is 0.475 e. The summed E-state index contributed by atoms with van der Waals surface area (Å²) in [4.78, 5) is 16.8. The van der Waals surface area contributed by atoms with E-state index in [-0.39, 0.29) is 16.4 Å². The zero-order chi connectivity index (χ0) is 26.3. The van der Waals surface area contributed by atoms with Crippen molar-refractivity contribution in [1.29, 1.82) is 0 Å². The number of carboxylic acids is 1. The summed E-state index contributed by atoms with van der Waals surface area (Å²) in [6.07, 6.45) is -0.628. The summed E-state index contributed by atoms with van der Waals surface area (Å²) in [5.74, 6) is -2.28. The number of hydrogen-bond acceptors (Lipinski definition) is 6. The predicted octanol–water partition coefficient (Wildman–Crippen LogP) is 3.21. The zero-order valence-electron chi connectivity index (χ0n) is 18.6. The first-order chi connectivity index (χ1) is 16.7. The summed E-state index contributed by atoms with van der Waals surface area (Å²) in [5.41, 5.74) is 3.94. The Labute approximate surface area is 204 Å². The number of fused-ring (bicyclic) bond motifs is 1. The van der Waals surface area contributed by atoms with Gasteiger partial charge in [-0.15, -0.1) is 0 Å². The highest BCUT2D eigenvalue weighted by molar-refractivity contribution is 7.92. The summed E-state index contributed by atoms with van der Waals surface area (Å²) >= 11 is 0. The molecule has 0 spiro atoms. The summed E-state index contributed by atoms with van der Waals surface area (Å²) in [6.45, 7) is 0. The lowest BCUT2D eigenvalue weighted by Gasteiger charge is -2.12. The third-order valence-corrected chi connectivity index (χ3v) is 9.15. The number of carbonyl (C=O) groups is 1. The van der Waals surface area contributed by atoms with Crippen molar-refractivity contribution >= 4 is 36.9 Å². The number of hydrogen-bond donors (Lipinski definition) is 3. The molecule has 1 saturated carbocycles. The summed E-state index contributed by atoms with van der Waals surface area (Å²) in [5, 5.41) is 8.15. The van der Waals surface area contributed by atoms with Gasteiger partial charge in [-0.2, -0.15) is 13.2 Å². The summed E-state index contributed by atoms with van der Waals surface area (Å²) < 4.78 is 82.7. The number of rotatable bonds is 5. The Balaban J connectivity index is 0.000000384. The van der Waals surface area contributed by atoms with Crippen LogP contribution in [0, 0.1) is 0 Å². The standard InChI is InChI=1S/C20H21N3O4S2.C2HF3O2/c24-28(25)10-8-15(12-28)23-29(26,27)16-5-3-13(4-6-16)17-7-9-21-20-18(17)11-19(22-20)14-1-2-14;3-2(4,5)1(6)7/h3-7,9,11,14-15,23H,1-2,8,10,12H2,(H,21,22);(H,6,7). The molecule has 1 aliphatic heterocycles. The Morgan fingerprint density at radius 3 is 2.28 bits per heavy atom. The molecule has 1 saturated heterocycles. The van der Waals surface area contributed by atoms with Gasteiger partial charge in [0.1, 0.15) is 5.65 Å². The van der Waals surface area contributed by atoms with Crippen molar-refractivity contribution in [3.05, 3.63) is 48.3 Å². The first-order valence-corrected chi connectivity index (χ1v) is 14.2.